The van der Waals surface area contributed by atoms with Crippen molar-refractivity contribution >= 4 is 29.9 Å². The van der Waals surface area contributed by atoms with Crippen LogP contribution >= 0.6 is 24.0 Å². The summed E-state index contributed by atoms with van der Waals surface area (Å²) in [5.74, 6) is 1.57. The van der Waals surface area contributed by atoms with Crippen LogP contribution in [0, 0.1) is 5.92 Å². The zero-order valence-corrected chi connectivity index (χ0v) is 16.6. The number of halogens is 1. The van der Waals surface area contributed by atoms with Crippen molar-refractivity contribution in [1.82, 2.24) is 10.2 Å². The maximum absolute atomic E-state index is 5.25. The van der Waals surface area contributed by atoms with E-state index in [-0.39, 0.29) is 24.0 Å². The number of benzene rings is 1. The highest BCUT2D eigenvalue weighted by Gasteiger charge is 2.24. The molecule has 1 N–H and O–H groups in total. The highest BCUT2D eigenvalue weighted by atomic mass is 127. The molecule has 1 atom stereocenters. The summed E-state index contributed by atoms with van der Waals surface area (Å²) in [7, 11) is 5.33. The van der Waals surface area contributed by atoms with Crippen LogP contribution in [0.4, 0.5) is 0 Å². The summed E-state index contributed by atoms with van der Waals surface area (Å²) in [5, 5.41) is 3.45. The van der Waals surface area contributed by atoms with Crippen molar-refractivity contribution in [2.24, 2.45) is 10.9 Å². The summed E-state index contributed by atoms with van der Waals surface area (Å²) in [6, 6.07) is 8.44. The largest absolute Gasteiger partial charge is 0.384 e. The molecule has 5 nitrogen and oxygen atoms in total. The summed E-state index contributed by atoms with van der Waals surface area (Å²) < 4.78 is 10.4. The molecule has 1 aromatic carbocycles. The van der Waals surface area contributed by atoms with Crippen molar-refractivity contribution < 1.29 is 9.47 Å². The third-order valence-electron chi connectivity index (χ3n) is 3.95. The van der Waals surface area contributed by atoms with E-state index in [2.05, 4.69) is 39.5 Å². The van der Waals surface area contributed by atoms with E-state index in [0.717, 1.165) is 38.6 Å². The van der Waals surface area contributed by atoms with Gasteiger partial charge in [-0.1, -0.05) is 24.3 Å². The lowest BCUT2D eigenvalue weighted by Crippen LogP contribution is -2.39. The molecule has 130 valence electrons. The standard InChI is InChI=1S/C17H27N3O2.HI/c1-18-17(20-8-7-16(11-20)13-22-3)19-10-14-5-4-6-15(9-14)12-21-2;/h4-6,9,16H,7-8,10-13H2,1-3H3,(H,18,19);1H. The Kier molecular flexibility index (Phi) is 9.50. The van der Waals surface area contributed by atoms with E-state index in [9.17, 15) is 0 Å². The molecule has 6 heteroatoms. The van der Waals surface area contributed by atoms with E-state index in [1.54, 1.807) is 14.2 Å². The number of rotatable bonds is 6. The molecule has 1 fully saturated rings. The lowest BCUT2D eigenvalue weighted by atomic mass is 10.1. The van der Waals surface area contributed by atoms with Gasteiger partial charge in [-0.3, -0.25) is 4.99 Å². The average molecular weight is 433 g/mol. The summed E-state index contributed by atoms with van der Waals surface area (Å²) in [6.07, 6.45) is 1.16. The molecule has 1 unspecified atom stereocenters. The van der Waals surface area contributed by atoms with Crippen molar-refractivity contribution in [1.29, 1.82) is 0 Å². The number of methoxy groups -OCH3 is 2. The van der Waals surface area contributed by atoms with Gasteiger partial charge in [-0.25, -0.2) is 0 Å². The molecule has 0 bridgehead atoms. The van der Waals surface area contributed by atoms with Crippen molar-refractivity contribution in [3.05, 3.63) is 35.4 Å². The van der Waals surface area contributed by atoms with Gasteiger partial charge in [0.2, 0.25) is 0 Å². The third-order valence-corrected chi connectivity index (χ3v) is 3.95. The topological polar surface area (TPSA) is 46.1 Å². The molecular formula is C17H28IN3O2. The lowest BCUT2D eigenvalue weighted by molar-refractivity contribution is 0.157. The second-order valence-electron chi connectivity index (χ2n) is 5.71. The van der Waals surface area contributed by atoms with Crippen LogP contribution in [-0.2, 0) is 22.6 Å². The summed E-state index contributed by atoms with van der Waals surface area (Å²) in [6.45, 7) is 4.30. The molecule has 0 saturated carbocycles. The van der Waals surface area contributed by atoms with Gasteiger partial charge in [0, 0.05) is 46.8 Å². The van der Waals surface area contributed by atoms with Crippen LogP contribution in [0.2, 0.25) is 0 Å². The Morgan fingerprint density at radius 2 is 2.09 bits per heavy atom. The fraction of sp³-hybridized carbons (Fsp3) is 0.588. The van der Waals surface area contributed by atoms with E-state index in [1.807, 2.05) is 7.05 Å². The van der Waals surface area contributed by atoms with Crippen LogP contribution in [0.5, 0.6) is 0 Å². The van der Waals surface area contributed by atoms with Crippen LogP contribution in [0.3, 0.4) is 0 Å². The second kappa shape index (κ2) is 10.8. The highest BCUT2D eigenvalue weighted by molar-refractivity contribution is 14.0. The normalized spacial score (nSPS) is 18.0. The fourth-order valence-electron chi connectivity index (χ4n) is 2.91. The molecule has 0 amide bonds. The minimum absolute atomic E-state index is 0. The number of likely N-dealkylation sites (tertiary alicyclic amines) is 1. The van der Waals surface area contributed by atoms with E-state index in [4.69, 9.17) is 9.47 Å². The molecule has 1 aliphatic rings. The first-order valence-electron chi connectivity index (χ1n) is 7.78. The predicted octanol–water partition coefficient (Wildman–Crippen LogP) is 2.49. The number of nitrogens with zero attached hydrogens (tertiary/aromatic N) is 2. The molecule has 0 radical (unpaired) electrons. The van der Waals surface area contributed by atoms with Crippen LogP contribution in [0.15, 0.2) is 29.3 Å². The number of hydrogen-bond donors (Lipinski definition) is 1. The molecule has 1 aliphatic heterocycles. The Morgan fingerprint density at radius 3 is 2.78 bits per heavy atom. The van der Waals surface area contributed by atoms with Crippen LogP contribution in [-0.4, -0.2) is 51.8 Å². The minimum atomic E-state index is 0. The monoisotopic (exact) mass is 433 g/mol. The zero-order chi connectivity index (χ0) is 15.8. The van der Waals surface area contributed by atoms with Gasteiger partial charge < -0.3 is 19.7 Å². The first-order chi connectivity index (χ1) is 10.8. The SMILES string of the molecule is CN=C(NCc1cccc(COC)c1)N1CCC(COC)C1.I. The molecule has 23 heavy (non-hydrogen) atoms. The fourth-order valence-corrected chi connectivity index (χ4v) is 2.91. The van der Waals surface area contributed by atoms with Gasteiger partial charge in [0.15, 0.2) is 5.96 Å². The van der Waals surface area contributed by atoms with Crippen molar-refractivity contribution in [3.63, 3.8) is 0 Å². The summed E-state index contributed by atoms with van der Waals surface area (Å²) in [5.41, 5.74) is 2.43. The van der Waals surface area contributed by atoms with Crippen molar-refractivity contribution in [2.75, 3.05) is 41.0 Å². The number of hydrogen-bond acceptors (Lipinski definition) is 3. The molecule has 1 aromatic rings. The predicted molar refractivity (Wildman–Crippen MR) is 104 cm³/mol. The number of aliphatic imine (C=N–C) groups is 1. The average Bonchev–Trinajstić information content (AvgIpc) is 2.98. The Hall–Kier alpha value is -0.860. The maximum Gasteiger partial charge on any atom is 0.193 e. The molecule has 1 heterocycles. The molecule has 0 spiro atoms. The molecule has 2 rings (SSSR count). The van der Waals surface area contributed by atoms with Crippen LogP contribution in [0.1, 0.15) is 17.5 Å². The van der Waals surface area contributed by atoms with Gasteiger partial charge in [-0.15, -0.1) is 24.0 Å². The van der Waals surface area contributed by atoms with Gasteiger partial charge in [-0.05, 0) is 17.5 Å². The quantitative estimate of drug-likeness (QED) is 0.426. The minimum Gasteiger partial charge on any atom is -0.384 e. The first-order valence-corrected chi connectivity index (χ1v) is 7.78. The van der Waals surface area contributed by atoms with Crippen molar-refractivity contribution in [3.8, 4) is 0 Å². The van der Waals surface area contributed by atoms with Gasteiger partial charge in [-0.2, -0.15) is 0 Å². The van der Waals surface area contributed by atoms with Gasteiger partial charge >= 0.3 is 0 Å². The summed E-state index contributed by atoms with van der Waals surface area (Å²) in [4.78, 5) is 6.71. The zero-order valence-electron chi connectivity index (χ0n) is 14.2. The smallest absolute Gasteiger partial charge is 0.193 e. The van der Waals surface area contributed by atoms with Gasteiger partial charge in [0.05, 0.1) is 13.2 Å². The Morgan fingerprint density at radius 1 is 1.30 bits per heavy atom. The second-order valence-corrected chi connectivity index (χ2v) is 5.71. The Balaban J connectivity index is 0.00000264. The number of ether oxygens (including phenoxy) is 2. The van der Waals surface area contributed by atoms with E-state index < -0.39 is 0 Å². The van der Waals surface area contributed by atoms with E-state index in [0.29, 0.717) is 12.5 Å². The van der Waals surface area contributed by atoms with E-state index >= 15 is 0 Å². The summed E-state index contributed by atoms with van der Waals surface area (Å²) >= 11 is 0. The van der Waals surface area contributed by atoms with Crippen LogP contribution in [0.25, 0.3) is 0 Å². The van der Waals surface area contributed by atoms with Crippen LogP contribution < -0.4 is 5.32 Å². The Labute approximate surface area is 156 Å². The lowest BCUT2D eigenvalue weighted by Gasteiger charge is -2.21. The molecule has 0 aliphatic carbocycles. The molecule has 1 saturated heterocycles. The number of nitrogens with one attached hydrogen (secondary N) is 1. The highest BCUT2D eigenvalue weighted by Crippen LogP contribution is 2.16. The molecular weight excluding hydrogens is 405 g/mol. The Bertz CT molecular complexity index is 496. The van der Waals surface area contributed by atoms with Gasteiger partial charge in [0.1, 0.15) is 0 Å². The van der Waals surface area contributed by atoms with E-state index in [1.165, 1.54) is 11.1 Å². The molecule has 0 aromatic heterocycles. The maximum atomic E-state index is 5.25. The third kappa shape index (κ3) is 6.27. The van der Waals surface area contributed by atoms with Crippen molar-refractivity contribution in [2.45, 2.75) is 19.6 Å². The number of guanidine groups is 1. The van der Waals surface area contributed by atoms with Gasteiger partial charge in [0.25, 0.3) is 0 Å². The first kappa shape index (κ1) is 20.2.